The number of carbonyl (C=O) groups excluding carboxylic acids is 1. The summed E-state index contributed by atoms with van der Waals surface area (Å²) in [5, 5.41) is 0. The van der Waals surface area contributed by atoms with Crippen molar-refractivity contribution in [3.63, 3.8) is 0 Å². The molecule has 4 rings (SSSR count). The van der Waals surface area contributed by atoms with Gasteiger partial charge in [-0.1, -0.05) is 61.9 Å². The van der Waals surface area contributed by atoms with E-state index >= 15 is 0 Å². The van der Waals surface area contributed by atoms with Gasteiger partial charge in [-0.15, -0.1) is 0 Å². The normalized spacial score (nSPS) is 21.7. The van der Waals surface area contributed by atoms with E-state index in [0.717, 1.165) is 15.4 Å². The molecular formula is C24H25NO4S. The molecule has 1 aromatic heterocycles. The van der Waals surface area contributed by atoms with Crippen molar-refractivity contribution in [1.82, 2.24) is 4.31 Å². The minimum absolute atomic E-state index is 0.101. The molecule has 1 aliphatic heterocycles. The summed E-state index contributed by atoms with van der Waals surface area (Å²) in [5.41, 5.74) is 0.760. The van der Waals surface area contributed by atoms with E-state index in [4.69, 9.17) is 4.42 Å². The standard InChI is InChI=1S/C24H25NO4S/c1-17(2)16-24(19-8-5-4-6-9-19)22(21-10-7-15-29-21)25(23(24)26)30(27,28)20-13-11-18(3)12-14-20/h4-15,17,22H,16H2,1-3H3/t22-,24+/m1/s1. The maximum atomic E-state index is 13.7. The molecule has 3 aromatic rings. The summed E-state index contributed by atoms with van der Waals surface area (Å²) in [4.78, 5) is 13.8. The van der Waals surface area contributed by atoms with Crippen LogP contribution in [-0.2, 0) is 20.2 Å². The molecule has 30 heavy (non-hydrogen) atoms. The maximum absolute atomic E-state index is 13.7. The van der Waals surface area contributed by atoms with Crippen molar-refractivity contribution in [1.29, 1.82) is 0 Å². The Morgan fingerprint density at radius 1 is 1.00 bits per heavy atom. The average Bonchev–Trinajstić information content (AvgIpc) is 3.24. The van der Waals surface area contributed by atoms with Gasteiger partial charge >= 0.3 is 0 Å². The predicted octanol–water partition coefficient (Wildman–Crippen LogP) is 4.84. The largest absolute Gasteiger partial charge is 0.467 e. The van der Waals surface area contributed by atoms with Crippen LogP contribution in [0.25, 0.3) is 0 Å². The van der Waals surface area contributed by atoms with Crippen molar-refractivity contribution in [3.8, 4) is 0 Å². The third-order valence-electron chi connectivity index (χ3n) is 5.69. The Morgan fingerprint density at radius 2 is 1.67 bits per heavy atom. The van der Waals surface area contributed by atoms with Crippen molar-refractivity contribution in [2.24, 2.45) is 5.92 Å². The van der Waals surface area contributed by atoms with E-state index in [2.05, 4.69) is 0 Å². The summed E-state index contributed by atoms with van der Waals surface area (Å²) in [5.74, 6) is 0.231. The Bertz CT molecular complexity index is 1140. The van der Waals surface area contributed by atoms with E-state index in [0.29, 0.717) is 12.2 Å². The summed E-state index contributed by atoms with van der Waals surface area (Å²) >= 11 is 0. The molecule has 1 fully saturated rings. The monoisotopic (exact) mass is 423 g/mol. The Morgan fingerprint density at radius 3 is 2.23 bits per heavy atom. The SMILES string of the molecule is Cc1ccc(S(=O)(=O)N2C(=O)[C@@](CC(C)C)(c3ccccc3)[C@H]2c2ccco2)cc1. The van der Waals surface area contributed by atoms with Gasteiger partial charge in [0.05, 0.1) is 11.2 Å². The van der Waals surface area contributed by atoms with Crippen LogP contribution >= 0.6 is 0 Å². The fraction of sp³-hybridized carbons (Fsp3) is 0.292. The molecule has 0 radical (unpaired) electrons. The van der Waals surface area contributed by atoms with E-state index in [9.17, 15) is 13.2 Å². The molecule has 0 bridgehead atoms. The number of nitrogens with zero attached hydrogens (tertiary/aromatic N) is 1. The quantitative estimate of drug-likeness (QED) is 0.532. The molecule has 6 heteroatoms. The lowest BCUT2D eigenvalue weighted by atomic mass is 9.62. The lowest BCUT2D eigenvalue weighted by Crippen LogP contribution is -2.67. The first-order valence-electron chi connectivity index (χ1n) is 10.0. The molecule has 0 spiro atoms. The number of β-lactam (4-membered cyclic amide) rings is 1. The average molecular weight is 424 g/mol. The van der Waals surface area contributed by atoms with Crippen molar-refractivity contribution in [2.75, 3.05) is 0 Å². The van der Waals surface area contributed by atoms with Crippen LogP contribution in [0.5, 0.6) is 0 Å². The van der Waals surface area contributed by atoms with Crippen LogP contribution in [0, 0.1) is 12.8 Å². The van der Waals surface area contributed by atoms with Crippen molar-refractivity contribution < 1.29 is 17.6 Å². The number of hydrogen-bond acceptors (Lipinski definition) is 4. The number of benzene rings is 2. The van der Waals surface area contributed by atoms with E-state index in [1.54, 1.807) is 36.4 Å². The predicted molar refractivity (Wildman–Crippen MR) is 114 cm³/mol. The lowest BCUT2D eigenvalue weighted by Gasteiger charge is -2.54. The van der Waals surface area contributed by atoms with Crippen molar-refractivity contribution in [2.45, 2.75) is 43.5 Å². The van der Waals surface area contributed by atoms with Crippen LogP contribution < -0.4 is 0 Å². The molecule has 1 aliphatic rings. The van der Waals surface area contributed by atoms with E-state index in [1.807, 2.05) is 51.1 Å². The number of rotatable bonds is 6. The van der Waals surface area contributed by atoms with Gasteiger partial charge in [0, 0.05) is 0 Å². The molecule has 0 N–H and O–H groups in total. The maximum Gasteiger partial charge on any atom is 0.267 e. The highest BCUT2D eigenvalue weighted by atomic mass is 32.2. The summed E-state index contributed by atoms with van der Waals surface area (Å²) in [7, 11) is -4.03. The van der Waals surface area contributed by atoms with Crippen LogP contribution in [0.3, 0.4) is 0 Å². The number of aryl methyl sites for hydroxylation is 1. The van der Waals surface area contributed by atoms with Gasteiger partial charge < -0.3 is 4.42 Å². The highest BCUT2D eigenvalue weighted by Crippen LogP contribution is 2.57. The molecule has 0 aliphatic carbocycles. The van der Waals surface area contributed by atoms with E-state index in [-0.39, 0.29) is 10.8 Å². The minimum atomic E-state index is -4.03. The lowest BCUT2D eigenvalue weighted by molar-refractivity contribution is -0.153. The van der Waals surface area contributed by atoms with Gasteiger partial charge in [0.25, 0.3) is 10.0 Å². The second kappa shape index (κ2) is 7.43. The van der Waals surface area contributed by atoms with Crippen molar-refractivity contribution in [3.05, 3.63) is 89.9 Å². The summed E-state index contributed by atoms with van der Waals surface area (Å²) in [6, 6.07) is 18.7. The molecule has 1 amide bonds. The third kappa shape index (κ3) is 3.06. The molecule has 2 atom stereocenters. The Hall–Kier alpha value is -2.86. The number of carbonyl (C=O) groups is 1. The van der Waals surface area contributed by atoms with Crippen molar-refractivity contribution >= 4 is 15.9 Å². The van der Waals surface area contributed by atoms with Crippen LogP contribution in [0.4, 0.5) is 0 Å². The van der Waals surface area contributed by atoms with Crippen LogP contribution in [0.15, 0.2) is 82.3 Å². The van der Waals surface area contributed by atoms with Crippen LogP contribution in [-0.4, -0.2) is 18.6 Å². The van der Waals surface area contributed by atoms with E-state index < -0.39 is 27.4 Å². The zero-order valence-electron chi connectivity index (χ0n) is 17.3. The zero-order valence-corrected chi connectivity index (χ0v) is 18.1. The summed E-state index contributed by atoms with van der Waals surface area (Å²) in [6.07, 6.45) is 2.03. The van der Waals surface area contributed by atoms with Gasteiger partial charge in [0.15, 0.2) is 0 Å². The molecule has 0 saturated carbocycles. The highest BCUT2D eigenvalue weighted by molar-refractivity contribution is 7.89. The Labute approximate surface area is 177 Å². The molecule has 156 valence electrons. The van der Waals surface area contributed by atoms with Gasteiger partial charge in [-0.3, -0.25) is 4.79 Å². The van der Waals surface area contributed by atoms with Gasteiger partial charge in [-0.25, -0.2) is 12.7 Å². The molecule has 0 unspecified atom stereocenters. The number of hydrogen-bond donors (Lipinski definition) is 0. The topological polar surface area (TPSA) is 67.6 Å². The highest BCUT2D eigenvalue weighted by Gasteiger charge is 2.67. The Kier molecular flexibility index (Phi) is 5.06. The van der Waals surface area contributed by atoms with Gasteiger partial charge in [0.1, 0.15) is 17.2 Å². The van der Waals surface area contributed by atoms with E-state index in [1.165, 1.54) is 6.26 Å². The molecule has 5 nitrogen and oxygen atoms in total. The molecule has 2 aromatic carbocycles. The van der Waals surface area contributed by atoms with Gasteiger partial charge in [-0.2, -0.15) is 0 Å². The second-order valence-corrected chi connectivity index (χ2v) is 10.1. The summed E-state index contributed by atoms with van der Waals surface area (Å²) < 4.78 is 33.7. The summed E-state index contributed by atoms with van der Waals surface area (Å²) in [6.45, 7) is 5.96. The van der Waals surface area contributed by atoms with Gasteiger partial charge in [0.2, 0.25) is 5.91 Å². The fourth-order valence-corrected chi connectivity index (χ4v) is 6.07. The van der Waals surface area contributed by atoms with Crippen LogP contribution in [0.1, 0.15) is 43.2 Å². The Balaban J connectivity index is 1.89. The number of furan rings is 1. The zero-order chi connectivity index (χ0) is 21.5. The third-order valence-corrected chi connectivity index (χ3v) is 7.46. The second-order valence-electron chi connectivity index (χ2n) is 8.27. The fourth-order valence-electron chi connectivity index (χ4n) is 4.42. The van der Waals surface area contributed by atoms with Crippen LogP contribution in [0.2, 0.25) is 0 Å². The first kappa shape index (κ1) is 20.4. The molecule has 2 heterocycles. The number of sulfonamides is 1. The smallest absolute Gasteiger partial charge is 0.267 e. The minimum Gasteiger partial charge on any atom is -0.467 e. The molecule has 1 saturated heterocycles. The number of amides is 1. The first-order valence-corrected chi connectivity index (χ1v) is 11.5. The first-order chi connectivity index (χ1) is 14.3. The van der Waals surface area contributed by atoms with Gasteiger partial charge in [-0.05, 0) is 49.1 Å². The molecular weight excluding hydrogens is 398 g/mol.